The van der Waals surface area contributed by atoms with E-state index in [1.54, 1.807) is 0 Å². The molecule has 9 aromatic rings. The second-order valence-corrected chi connectivity index (χ2v) is 22.1. The van der Waals surface area contributed by atoms with Crippen LogP contribution in [0.1, 0.15) is 0 Å². The maximum absolute atomic E-state index is 13.8. The van der Waals surface area contributed by atoms with Gasteiger partial charge in [-0.05, 0) is 154 Å². The van der Waals surface area contributed by atoms with E-state index in [1.165, 1.54) is 84.9 Å². The Kier molecular flexibility index (Phi) is 18.4. The Morgan fingerprint density at radius 2 is 0.688 bits per heavy atom. The van der Waals surface area contributed by atoms with Crippen LogP contribution in [0.4, 0.5) is 69.3 Å². The molecule has 9 rings (SSSR count). The zero-order valence-electron chi connectivity index (χ0n) is 40.3. The molecule has 0 saturated carbocycles. The number of hydrogen-bond acceptors (Lipinski definition) is 24. The molecule has 0 radical (unpaired) electrons. The normalized spacial score (nSPS) is 12.1. The van der Waals surface area contributed by atoms with Gasteiger partial charge in [-0.2, -0.15) is 84.0 Å². The number of benzene rings is 7. The number of halogens is 2. The van der Waals surface area contributed by atoms with Gasteiger partial charge in [0.2, 0.25) is 34.4 Å². The quantitative estimate of drug-likeness (QED) is 0.0391. The van der Waals surface area contributed by atoms with E-state index >= 15 is 0 Å². The summed E-state index contributed by atoms with van der Waals surface area (Å²) in [5, 5.41) is 53.5. The largest absolute Gasteiger partial charge is 1.00 e. The predicted octanol–water partition coefficient (Wildman–Crippen LogP) is 2.62. The van der Waals surface area contributed by atoms with Crippen LogP contribution < -0.4 is 90.6 Å². The Morgan fingerprint density at radius 1 is 0.388 bits per heavy atom. The molecule has 398 valence electrons. The molecule has 0 spiro atoms. The summed E-state index contributed by atoms with van der Waals surface area (Å²) in [6.07, 6.45) is 0. The van der Waals surface area contributed by atoms with Gasteiger partial charge >= 0.3 is 59.1 Å². The van der Waals surface area contributed by atoms with Crippen molar-refractivity contribution in [2.75, 3.05) is 21.3 Å². The molecule has 7 aromatic carbocycles. The fourth-order valence-electron chi connectivity index (χ4n) is 7.08. The molecule has 0 amide bonds. The van der Waals surface area contributed by atoms with E-state index in [9.17, 15) is 62.1 Å². The second kappa shape index (κ2) is 24.2. The second-order valence-electron chi connectivity index (χ2n) is 15.8. The van der Waals surface area contributed by atoms with Crippen LogP contribution in [-0.2, 0) is 40.5 Å². The van der Waals surface area contributed by atoms with Crippen LogP contribution in [0.2, 0.25) is 10.6 Å². The van der Waals surface area contributed by atoms with E-state index in [1.807, 2.05) is 0 Å². The third-order valence-electron chi connectivity index (χ3n) is 10.6. The molecule has 28 nitrogen and oxygen atoms in total. The van der Waals surface area contributed by atoms with Crippen LogP contribution >= 0.6 is 23.2 Å². The van der Waals surface area contributed by atoms with Crippen molar-refractivity contribution >= 4 is 155 Å². The first-order valence-corrected chi connectivity index (χ1v) is 27.8. The van der Waals surface area contributed by atoms with Gasteiger partial charge in [0, 0.05) is 11.4 Å². The van der Waals surface area contributed by atoms with Gasteiger partial charge in [0.25, 0.3) is 40.5 Å². The smallest absolute Gasteiger partial charge is 0.871 e. The summed E-state index contributed by atoms with van der Waals surface area (Å²) in [6.45, 7) is 0. The van der Waals surface area contributed by atoms with Crippen molar-refractivity contribution < 1.29 is 121 Å². The topological polar surface area (TPSA) is 438 Å². The van der Waals surface area contributed by atoms with Gasteiger partial charge in [-0.25, -0.2) is 0 Å². The monoisotopic (exact) mass is 1220 g/mol. The summed E-state index contributed by atoms with van der Waals surface area (Å²) >= 11 is 12.4. The Labute approximate surface area is 505 Å². The first kappa shape index (κ1) is 60.9. The summed E-state index contributed by atoms with van der Waals surface area (Å²) in [4.78, 5) is 21.8. The zero-order chi connectivity index (χ0) is 55.9. The van der Waals surface area contributed by atoms with Gasteiger partial charge in [0.05, 0.1) is 43.9 Å². The van der Waals surface area contributed by atoms with Crippen LogP contribution in [0, 0.1) is 0 Å². The number of hydrogen-bond donors (Lipinski definition) is 8. The fourth-order valence-corrected chi connectivity index (χ4v) is 9.72. The van der Waals surface area contributed by atoms with Crippen LogP contribution in [-0.4, -0.2) is 81.8 Å². The van der Waals surface area contributed by atoms with Crippen molar-refractivity contribution in [3.8, 4) is 11.5 Å². The number of anilines is 8. The Morgan fingerprint density at radius 3 is 1.00 bits per heavy atom. The first-order chi connectivity index (χ1) is 36.7. The van der Waals surface area contributed by atoms with Gasteiger partial charge in [0.15, 0.2) is 0 Å². The number of aromatic nitrogens is 6. The van der Waals surface area contributed by atoms with E-state index in [0.29, 0.717) is 11.4 Å². The molecule has 0 aliphatic rings. The van der Waals surface area contributed by atoms with Gasteiger partial charge in [-0.3, -0.25) is 18.2 Å². The molecule has 2 heterocycles. The molecular weight excluding hydrogens is 1190 g/mol. The summed E-state index contributed by atoms with van der Waals surface area (Å²) in [5.74, 6) is -3.05. The molecule has 0 saturated heterocycles. The van der Waals surface area contributed by atoms with Gasteiger partial charge in [-0.15, -0.1) is 0 Å². The predicted molar refractivity (Wildman–Crippen MR) is 277 cm³/mol. The minimum Gasteiger partial charge on any atom is -0.871 e. The van der Waals surface area contributed by atoms with Crippen LogP contribution in [0.3, 0.4) is 0 Å². The van der Waals surface area contributed by atoms with E-state index in [-0.39, 0.29) is 125 Å². The minimum atomic E-state index is -5.09. The molecule has 36 heteroatoms. The molecule has 2 aromatic heterocycles. The van der Waals surface area contributed by atoms with E-state index in [4.69, 9.17) is 23.2 Å². The Hall–Kier alpha value is -6.70. The summed E-state index contributed by atoms with van der Waals surface area (Å²) in [7, 11) is -19.1. The standard InChI is InChI=1S/C44H30Cl2N14O14S4.2Na/c45-39-51-41(55-43(53-39)49-35-33(77(69,70)71)19-21-17-27(9-15-31(21)37(35)61)59-57-25-5-11-29(12-6-25)75(63,64)65)47-23-1-2-24(4-3-23)48-42-52-40(46)54-44(56-42)50-36-34(78(72,73)74)20-22-18-28(10-16-32(22)38(36)62)60-58-26-7-13-30(14-8-26)76(66,67)68;;/h1-20,61-62H,(H,63,64,65)(H,66,67,68)(H,69,70,71)(H,72,73,74)(H2,47,49,51,53,55)(H2,48,50,52,54,56);;/q;2*+1/p-2. The van der Waals surface area contributed by atoms with Crippen LogP contribution in [0.5, 0.6) is 11.5 Å². The van der Waals surface area contributed by atoms with E-state index in [0.717, 1.165) is 36.4 Å². The average molecular weight is 1220 g/mol. The first-order valence-electron chi connectivity index (χ1n) is 21.2. The molecule has 0 atom stereocenters. The number of nitrogens with zero attached hydrogens (tertiary/aromatic N) is 10. The Balaban J connectivity index is 0.00000462. The number of fused-ring (bicyclic) bond motifs is 2. The zero-order valence-corrected chi connectivity index (χ0v) is 49.1. The molecule has 0 aliphatic heterocycles. The van der Waals surface area contributed by atoms with Gasteiger partial charge < -0.3 is 31.5 Å². The maximum atomic E-state index is 13.8. The maximum Gasteiger partial charge on any atom is 1.00 e. The molecule has 0 bridgehead atoms. The number of azo groups is 2. The SMILES string of the molecule is O=S(=O)(O)c1ccc(N=Nc2ccc3c([O-])c(Nc4nc(Cl)nc(Nc5ccc(Nc6nc(Cl)nc(Nc7c(S(=O)(=O)O)cc8cc(N=Nc9ccc(S(=O)(=O)O)cc9)ccc8c7[O-])n6)cc5)n4)c(S(=O)(=O)O)cc3c2)cc1.[Na+].[Na+]. The van der Waals surface area contributed by atoms with Crippen molar-refractivity contribution in [3.05, 3.63) is 132 Å². The molecule has 8 N–H and O–H groups in total. The van der Waals surface area contributed by atoms with Crippen molar-refractivity contribution in [2.45, 2.75) is 19.6 Å². The van der Waals surface area contributed by atoms with Gasteiger partial charge in [-0.1, -0.05) is 23.6 Å². The fraction of sp³-hybridized carbons (Fsp3) is 0. The van der Waals surface area contributed by atoms with Crippen LogP contribution in [0.15, 0.2) is 161 Å². The van der Waals surface area contributed by atoms with Gasteiger partial charge in [0.1, 0.15) is 9.79 Å². The summed E-state index contributed by atoms with van der Waals surface area (Å²) in [6, 6.07) is 25.6. The number of nitrogens with one attached hydrogen (secondary N) is 4. The average Bonchev–Trinajstić information content (AvgIpc) is 3.45. The molecule has 0 aliphatic carbocycles. The van der Waals surface area contributed by atoms with E-state index in [2.05, 4.69) is 71.6 Å². The third-order valence-corrected chi connectivity index (χ3v) is 14.4. The van der Waals surface area contributed by atoms with Crippen molar-refractivity contribution in [2.24, 2.45) is 20.5 Å². The van der Waals surface area contributed by atoms with E-state index < -0.39 is 95.6 Å². The molecule has 0 unspecified atom stereocenters. The van der Waals surface area contributed by atoms with Crippen molar-refractivity contribution in [1.29, 1.82) is 0 Å². The molecule has 80 heavy (non-hydrogen) atoms. The van der Waals surface area contributed by atoms with Crippen molar-refractivity contribution in [1.82, 2.24) is 29.9 Å². The van der Waals surface area contributed by atoms with Crippen LogP contribution in [0.25, 0.3) is 21.5 Å². The number of rotatable bonds is 16. The molecule has 0 fully saturated rings. The third kappa shape index (κ3) is 14.6. The summed E-state index contributed by atoms with van der Waals surface area (Å²) < 4.78 is 135. The minimum absolute atomic E-state index is 0. The van der Waals surface area contributed by atoms with Crippen molar-refractivity contribution in [3.63, 3.8) is 0 Å². The Bertz CT molecular complexity index is 4170. The molecular formula is C44H28Cl2N14Na2O14S4. The summed E-state index contributed by atoms with van der Waals surface area (Å²) in [5.41, 5.74) is 0.0365.